The van der Waals surface area contributed by atoms with Gasteiger partial charge in [0.2, 0.25) is 0 Å². The van der Waals surface area contributed by atoms with Crippen LogP contribution in [-0.4, -0.2) is 28.3 Å². The molecule has 0 saturated carbocycles. The van der Waals surface area contributed by atoms with E-state index in [9.17, 15) is 10.2 Å². The van der Waals surface area contributed by atoms with Crippen LogP contribution in [0.2, 0.25) is 0 Å². The number of benzene rings is 1. The summed E-state index contributed by atoms with van der Waals surface area (Å²) in [4.78, 5) is 6.26. The van der Waals surface area contributed by atoms with Crippen molar-refractivity contribution in [2.75, 3.05) is 18.1 Å². The maximum Gasteiger partial charge on any atom is 0.0853 e. The third-order valence-corrected chi connectivity index (χ3v) is 2.86. The van der Waals surface area contributed by atoms with Gasteiger partial charge in [0.05, 0.1) is 18.9 Å². The van der Waals surface area contributed by atoms with E-state index in [4.69, 9.17) is 0 Å². The molecule has 0 radical (unpaired) electrons. The first-order valence-corrected chi connectivity index (χ1v) is 6.26. The summed E-state index contributed by atoms with van der Waals surface area (Å²) in [5.74, 6) is 0. The van der Waals surface area contributed by atoms with E-state index in [-0.39, 0.29) is 13.2 Å². The molecule has 0 aliphatic rings. The number of pyridine rings is 1. The quantitative estimate of drug-likeness (QED) is 0.861. The van der Waals surface area contributed by atoms with Crippen molar-refractivity contribution in [3.05, 3.63) is 53.9 Å². The fourth-order valence-corrected chi connectivity index (χ4v) is 2.07. The standard InChI is InChI=1S/C15H18N2O2/c1-12-9-15(10-13(11-19)16-12)17(7-8-18)14-5-3-2-4-6-14/h2-6,9-10,18-19H,7-8,11H2,1H3. The number of nitrogens with zero attached hydrogens (tertiary/aromatic N) is 2. The van der Waals surface area contributed by atoms with E-state index < -0.39 is 0 Å². The number of hydrogen-bond donors (Lipinski definition) is 2. The summed E-state index contributed by atoms with van der Waals surface area (Å²) in [6.07, 6.45) is 0. The van der Waals surface area contributed by atoms with Gasteiger partial charge in [-0.05, 0) is 31.2 Å². The Bertz CT molecular complexity index is 529. The molecule has 0 aliphatic carbocycles. The molecule has 2 rings (SSSR count). The molecular formula is C15H18N2O2. The first kappa shape index (κ1) is 13.5. The Morgan fingerprint density at radius 1 is 1.05 bits per heavy atom. The molecule has 0 bridgehead atoms. The molecule has 0 amide bonds. The second kappa shape index (κ2) is 6.31. The van der Waals surface area contributed by atoms with Gasteiger partial charge in [-0.15, -0.1) is 0 Å². The molecule has 0 fully saturated rings. The maximum atomic E-state index is 9.25. The smallest absolute Gasteiger partial charge is 0.0853 e. The molecule has 0 aliphatic heterocycles. The van der Waals surface area contributed by atoms with E-state index in [1.54, 1.807) is 0 Å². The van der Waals surface area contributed by atoms with E-state index in [2.05, 4.69) is 4.98 Å². The number of aryl methyl sites for hydroxylation is 1. The van der Waals surface area contributed by atoms with Crippen molar-refractivity contribution < 1.29 is 10.2 Å². The molecule has 0 spiro atoms. The summed E-state index contributed by atoms with van der Waals surface area (Å²) in [5.41, 5.74) is 3.41. The average Bonchev–Trinajstić information content (AvgIpc) is 2.45. The van der Waals surface area contributed by atoms with Crippen molar-refractivity contribution in [1.29, 1.82) is 0 Å². The zero-order valence-electron chi connectivity index (χ0n) is 11.0. The molecule has 1 aromatic heterocycles. The Morgan fingerprint density at radius 3 is 2.42 bits per heavy atom. The Kier molecular flexibility index (Phi) is 4.49. The largest absolute Gasteiger partial charge is 0.395 e. The molecule has 19 heavy (non-hydrogen) atoms. The fraction of sp³-hybridized carbons (Fsp3) is 0.267. The number of rotatable bonds is 5. The van der Waals surface area contributed by atoms with Crippen LogP contribution in [0.4, 0.5) is 11.4 Å². The van der Waals surface area contributed by atoms with Crippen LogP contribution < -0.4 is 4.90 Å². The normalized spacial score (nSPS) is 10.5. The van der Waals surface area contributed by atoms with E-state index in [0.29, 0.717) is 12.2 Å². The lowest BCUT2D eigenvalue weighted by atomic mass is 10.2. The third-order valence-electron chi connectivity index (χ3n) is 2.86. The van der Waals surface area contributed by atoms with Gasteiger partial charge in [0.25, 0.3) is 0 Å². The highest BCUT2D eigenvalue weighted by Gasteiger charge is 2.10. The number of aliphatic hydroxyl groups is 2. The Labute approximate surface area is 113 Å². The maximum absolute atomic E-state index is 9.25. The predicted molar refractivity (Wildman–Crippen MR) is 75.4 cm³/mol. The zero-order chi connectivity index (χ0) is 13.7. The molecule has 100 valence electrons. The Morgan fingerprint density at radius 2 is 1.79 bits per heavy atom. The van der Waals surface area contributed by atoms with Crippen molar-refractivity contribution >= 4 is 11.4 Å². The highest BCUT2D eigenvalue weighted by Crippen LogP contribution is 2.25. The van der Waals surface area contributed by atoms with Crippen molar-refractivity contribution in [1.82, 2.24) is 4.98 Å². The average molecular weight is 258 g/mol. The lowest BCUT2D eigenvalue weighted by Crippen LogP contribution is -2.21. The Balaban J connectivity index is 2.41. The number of aromatic nitrogens is 1. The van der Waals surface area contributed by atoms with Crippen LogP contribution in [0.5, 0.6) is 0 Å². The first-order valence-electron chi connectivity index (χ1n) is 6.26. The minimum atomic E-state index is -0.0869. The van der Waals surface area contributed by atoms with Gasteiger partial charge in [-0.2, -0.15) is 0 Å². The number of para-hydroxylation sites is 1. The summed E-state index contributed by atoms with van der Waals surface area (Å²) < 4.78 is 0. The number of hydrogen-bond acceptors (Lipinski definition) is 4. The van der Waals surface area contributed by atoms with Crippen LogP contribution in [0.1, 0.15) is 11.4 Å². The second-order valence-electron chi connectivity index (χ2n) is 4.33. The highest BCUT2D eigenvalue weighted by molar-refractivity contribution is 5.63. The zero-order valence-corrected chi connectivity index (χ0v) is 11.0. The van der Waals surface area contributed by atoms with Gasteiger partial charge in [-0.1, -0.05) is 18.2 Å². The minimum absolute atomic E-state index is 0.0602. The van der Waals surface area contributed by atoms with E-state index >= 15 is 0 Å². The first-order chi connectivity index (χ1) is 9.24. The summed E-state index contributed by atoms with van der Waals surface area (Å²) in [6.45, 7) is 2.37. The minimum Gasteiger partial charge on any atom is -0.395 e. The molecule has 2 N–H and O–H groups in total. The van der Waals surface area contributed by atoms with Crippen molar-refractivity contribution in [3.63, 3.8) is 0 Å². The molecule has 1 heterocycles. The number of aliphatic hydroxyl groups excluding tert-OH is 2. The van der Waals surface area contributed by atoms with E-state index in [1.165, 1.54) is 0 Å². The van der Waals surface area contributed by atoms with Gasteiger partial charge in [-0.3, -0.25) is 4.98 Å². The fourth-order valence-electron chi connectivity index (χ4n) is 2.07. The van der Waals surface area contributed by atoms with Crippen LogP contribution >= 0.6 is 0 Å². The topological polar surface area (TPSA) is 56.6 Å². The van der Waals surface area contributed by atoms with Crippen LogP contribution in [0, 0.1) is 6.92 Å². The monoisotopic (exact) mass is 258 g/mol. The Hall–Kier alpha value is -1.91. The van der Waals surface area contributed by atoms with E-state index in [0.717, 1.165) is 17.1 Å². The lowest BCUT2D eigenvalue weighted by molar-refractivity contribution is 0.276. The SMILES string of the molecule is Cc1cc(N(CCO)c2ccccc2)cc(CO)n1. The van der Waals surface area contributed by atoms with E-state index in [1.807, 2.05) is 54.3 Å². The lowest BCUT2D eigenvalue weighted by Gasteiger charge is -2.24. The van der Waals surface area contributed by atoms with Gasteiger partial charge < -0.3 is 15.1 Å². The summed E-state index contributed by atoms with van der Waals surface area (Å²) >= 11 is 0. The van der Waals surface area contributed by atoms with Crippen LogP contribution in [0.25, 0.3) is 0 Å². The van der Waals surface area contributed by atoms with Crippen LogP contribution in [0.3, 0.4) is 0 Å². The summed E-state index contributed by atoms with van der Waals surface area (Å²) in [7, 11) is 0. The van der Waals surface area contributed by atoms with Crippen molar-refractivity contribution in [3.8, 4) is 0 Å². The predicted octanol–water partition coefficient (Wildman–Crippen LogP) is 2.01. The molecule has 1 aromatic carbocycles. The van der Waals surface area contributed by atoms with Crippen LogP contribution in [0.15, 0.2) is 42.5 Å². The number of anilines is 2. The molecule has 0 atom stereocenters. The second-order valence-corrected chi connectivity index (χ2v) is 4.33. The van der Waals surface area contributed by atoms with Gasteiger partial charge >= 0.3 is 0 Å². The van der Waals surface area contributed by atoms with Gasteiger partial charge in [0.1, 0.15) is 0 Å². The van der Waals surface area contributed by atoms with Gasteiger partial charge in [0.15, 0.2) is 0 Å². The molecular weight excluding hydrogens is 240 g/mol. The highest BCUT2D eigenvalue weighted by atomic mass is 16.3. The molecule has 4 heteroatoms. The van der Waals surface area contributed by atoms with Crippen molar-refractivity contribution in [2.45, 2.75) is 13.5 Å². The molecule has 0 saturated heterocycles. The third kappa shape index (κ3) is 3.30. The summed E-state index contributed by atoms with van der Waals surface area (Å²) in [6, 6.07) is 13.6. The van der Waals surface area contributed by atoms with Gasteiger partial charge in [0, 0.05) is 23.6 Å². The molecule has 2 aromatic rings. The van der Waals surface area contributed by atoms with Gasteiger partial charge in [-0.25, -0.2) is 0 Å². The summed E-state index contributed by atoms with van der Waals surface area (Å²) in [5, 5.41) is 18.5. The van der Waals surface area contributed by atoms with Crippen LogP contribution in [-0.2, 0) is 6.61 Å². The molecule has 4 nitrogen and oxygen atoms in total. The van der Waals surface area contributed by atoms with Crippen molar-refractivity contribution in [2.24, 2.45) is 0 Å². The molecule has 0 unspecified atom stereocenters.